The number of aryl methyl sites for hydroxylation is 1. The van der Waals surface area contributed by atoms with Gasteiger partial charge in [0.1, 0.15) is 12.3 Å². The van der Waals surface area contributed by atoms with Crippen LogP contribution in [0.4, 0.5) is 0 Å². The van der Waals surface area contributed by atoms with E-state index in [4.69, 9.17) is 17.0 Å². The molecule has 0 atom stereocenters. The van der Waals surface area contributed by atoms with E-state index in [1.807, 2.05) is 67.1 Å². The number of ether oxygens (including phenoxy) is 1. The topological polar surface area (TPSA) is 106 Å². The molecular formula is C22H22N6O3S. The Morgan fingerprint density at radius 3 is 2.62 bits per heavy atom. The first-order valence-corrected chi connectivity index (χ1v) is 10.4. The number of hydrogen-bond donors (Lipinski definition) is 3. The van der Waals surface area contributed by atoms with Gasteiger partial charge in [-0.15, -0.1) is 0 Å². The van der Waals surface area contributed by atoms with Crippen molar-refractivity contribution in [1.82, 2.24) is 30.2 Å². The van der Waals surface area contributed by atoms with E-state index >= 15 is 0 Å². The first-order chi connectivity index (χ1) is 15.5. The maximum Gasteiger partial charge on any atom is 0.271 e. The van der Waals surface area contributed by atoms with Crippen molar-refractivity contribution < 1.29 is 14.3 Å². The highest BCUT2D eigenvalue weighted by molar-refractivity contribution is 7.71. The van der Waals surface area contributed by atoms with Crippen LogP contribution in [-0.4, -0.2) is 37.8 Å². The molecule has 164 valence electrons. The smallest absolute Gasteiger partial charge is 0.271 e. The number of aromatic nitrogens is 4. The summed E-state index contributed by atoms with van der Waals surface area (Å²) < 4.78 is 9.17. The predicted molar refractivity (Wildman–Crippen MR) is 123 cm³/mol. The summed E-state index contributed by atoms with van der Waals surface area (Å²) in [6.45, 7) is 2.37. The van der Waals surface area contributed by atoms with E-state index in [2.05, 4.69) is 21.0 Å². The van der Waals surface area contributed by atoms with E-state index in [-0.39, 0.29) is 6.54 Å². The average molecular weight is 451 g/mol. The summed E-state index contributed by atoms with van der Waals surface area (Å²) in [5.41, 5.74) is 7.09. The molecular weight excluding hydrogens is 428 g/mol. The second kappa shape index (κ2) is 9.06. The van der Waals surface area contributed by atoms with Gasteiger partial charge in [0.2, 0.25) is 0 Å². The maximum absolute atomic E-state index is 12.6. The quantitative estimate of drug-likeness (QED) is 0.309. The average Bonchev–Trinajstić information content (AvgIpc) is 3.33. The fourth-order valence-corrected chi connectivity index (χ4v) is 3.65. The molecule has 0 bridgehead atoms. The molecule has 2 aromatic heterocycles. The van der Waals surface area contributed by atoms with Crippen molar-refractivity contribution in [2.24, 2.45) is 7.05 Å². The number of benzene rings is 2. The van der Waals surface area contributed by atoms with Gasteiger partial charge in [0.25, 0.3) is 11.8 Å². The summed E-state index contributed by atoms with van der Waals surface area (Å²) in [6, 6.07) is 14.9. The number of carbonyl (C=O) groups is 2. The molecule has 0 aliphatic heterocycles. The van der Waals surface area contributed by atoms with Crippen molar-refractivity contribution in [2.45, 2.75) is 13.5 Å². The summed E-state index contributed by atoms with van der Waals surface area (Å²) in [5.74, 6) is 0.403. The molecule has 0 fully saturated rings. The molecule has 2 amide bonds. The van der Waals surface area contributed by atoms with Gasteiger partial charge in [-0.2, -0.15) is 5.10 Å². The highest BCUT2D eigenvalue weighted by atomic mass is 32.1. The van der Waals surface area contributed by atoms with E-state index in [9.17, 15) is 9.59 Å². The van der Waals surface area contributed by atoms with Crippen molar-refractivity contribution in [1.29, 1.82) is 0 Å². The van der Waals surface area contributed by atoms with E-state index < -0.39 is 11.8 Å². The van der Waals surface area contributed by atoms with Gasteiger partial charge in [0, 0.05) is 29.7 Å². The molecule has 0 saturated heterocycles. The highest BCUT2D eigenvalue weighted by Crippen LogP contribution is 2.21. The van der Waals surface area contributed by atoms with Gasteiger partial charge >= 0.3 is 0 Å². The number of H-pyrrole nitrogens is 1. The van der Waals surface area contributed by atoms with Crippen LogP contribution in [0, 0.1) is 4.77 Å². The standard InChI is InChI=1S/C22H22N6O3S/c1-3-31-15-10-8-14(9-11-15)20-24-26-22(32)28(20)13-19(29)23-25-21(30)17-12-27(2)18-7-5-4-6-16(17)18/h4-12H,3,13H2,1-2H3,(H,23,29)(H,25,30)(H,26,32). The van der Waals surface area contributed by atoms with Crippen LogP contribution in [0.25, 0.3) is 22.3 Å². The first kappa shape index (κ1) is 21.3. The zero-order chi connectivity index (χ0) is 22.7. The van der Waals surface area contributed by atoms with Crippen molar-refractivity contribution in [3.05, 3.63) is 65.1 Å². The van der Waals surface area contributed by atoms with E-state index in [0.717, 1.165) is 22.2 Å². The number of aromatic amines is 1. The molecule has 3 N–H and O–H groups in total. The molecule has 9 nitrogen and oxygen atoms in total. The largest absolute Gasteiger partial charge is 0.494 e. The third kappa shape index (κ3) is 4.26. The van der Waals surface area contributed by atoms with Crippen LogP contribution in [0.2, 0.25) is 0 Å². The van der Waals surface area contributed by atoms with Gasteiger partial charge < -0.3 is 9.30 Å². The Labute approximate surface area is 189 Å². The summed E-state index contributed by atoms with van der Waals surface area (Å²) in [6.07, 6.45) is 1.72. The minimum absolute atomic E-state index is 0.117. The fraction of sp³-hybridized carbons (Fsp3) is 0.182. The molecule has 4 aromatic rings. The predicted octanol–water partition coefficient (Wildman–Crippen LogP) is 2.96. The Balaban J connectivity index is 1.45. The van der Waals surface area contributed by atoms with Crippen molar-refractivity contribution >= 4 is 34.9 Å². The normalized spacial score (nSPS) is 10.8. The van der Waals surface area contributed by atoms with Crippen LogP contribution >= 0.6 is 12.2 Å². The second-order valence-electron chi connectivity index (χ2n) is 7.07. The summed E-state index contributed by atoms with van der Waals surface area (Å²) in [5, 5.41) is 7.74. The van der Waals surface area contributed by atoms with Crippen LogP contribution in [-0.2, 0) is 18.4 Å². The molecule has 0 saturated carbocycles. The van der Waals surface area contributed by atoms with Gasteiger partial charge in [0.05, 0.1) is 12.2 Å². The van der Waals surface area contributed by atoms with Crippen LogP contribution in [0.3, 0.4) is 0 Å². The number of nitrogens with zero attached hydrogens (tertiary/aromatic N) is 3. The second-order valence-corrected chi connectivity index (χ2v) is 7.46. The Bertz CT molecular complexity index is 1340. The van der Waals surface area contributed by atoms with Crippen molar-refractivity contribution in [2.75, 3.05) is 6.61 Å². The molecule has 32 heavy (non-hydrogen) atoms. The molecule has 0 aliphatic rings. The monoisotopic (exact) mass is 450 g/mol. The van der Waals surface area contributed by atoms with Crippen molar-refractivity contribution in [3.8, 4) is 17.1 Å². The lowest BCUT2D eigenvalue weighted by molar-refractivity contribution is -0.122. The number of amides is 2. The maximum atomic E-state index is 12.6. The van der Waals surface area contributed by atoms with Crippen LogP contribution in [0.1, 0.15) is 17.3 Å². The number of rotatable bonds is 6. The number of fused-ring (bicyclic) bond motifs is 1. The van der Waals surface area contributed by atoms with Crippen molar-refractivity contribution in [3.63, 3.8) is 0 Å². The van der Waals surface area contributed by atoms with Crippen LogP contribution in [0.5, 0.6) is 5.75 Å². The van der Waals surface area contributed by atoms with Gasteiger partial charge in [-0.3, -0.25) is 30.1 Å². The Morgan fingerprint density at radius 1 is 1.12 bits per heavy atom. The Hall–Kier alpha value is -3.92. The van der Waals surface area contributed by atoms with Gasteiger partial charge in [-0.05, 0) is 49.5 Å². The third-order valence-electron chi connectivity index (χ3n) is 4.94. The molecule has 2 heterocycles. The van der Waals surface area contributed by atoms with Crippen LogP contribution < -0.4 is 15.6 Å². The molecule has 4 rings (SSSR count). The van der Waals surface area contributed by atoms with Gasteiger partial charge in [-0.25, -0.2) is 0 Å². The molecule has 0 spiro atoms. The minimum atomic E-state index is -0.441. The number of carbonyl (C=O) groups excluding carboxylic acids is 2. The SMILES string of the molecule is CCOc1ccc(-c2n[nH]c(=S)n2CC(=O)NNC(=O)c2cn(C)c3ccccc23)cc1. The van der Waals surface area contributed by atoms with E-state index in [0.29, 0.717) is 22.8 Å². The lowest BCUT2D eigenvalue weighted by atomic mass is 10.2. The fourth-order valence-electron chi connectivity index (χ4n) is 3.45. The Morgan fingerprint density at radius 2 is 1.88 bits per heavy atom. The number of nitrogens with one attached hydrogen (secondary N) is 3. The highest BCUT2D eigenvalue weighted by Gasteiger charge is 2.16. The van der Waals surface area contributed by atoms with Crippen LogP contribution in [0.15, 0.2) is 54.7 Å². The lowest BCUT2D eigenvalue weighted by Gasteiger charge is -2.10. The number of para-hydroxylation sites is 1. The number of hydrogen-bond acceptors (Lipinski definition) is 5. The summed E-state index contributed by atoms with van der Waals surface area (Å²) in [7, 11) is 1.86. The molecule has 0 aliphatic carbocycles. The zero-order valence-electron chi connectivity index (χ0n) is 17.6. The molecule has 0 radical (unpaired) electrons. The zero-order valence-corrected chi connectivity index (χ0v) is 18.4. The molecule has 10 heteroatoms. The third-order valence-corrected chi connectivity index (χ3v) is 5.25. The van der Waals surface area contributed by atoms with E-state index in [1.165, 1.54) is 0 Å². The van der Waals surface area contributed by atoms with Gasteiger partial charge in [0.15, 0.2) is 10.6 Å². The lowest BCUT2D eigenvalue weighted by Crippen LogP contribution is -2.43. The number of hydrazine groups is 1. The van der Waals surface area contributed by atoms with Gasteiger partial charge in [-0.1, -0.05) is 18.2 Å². The molecule has 0 unspecified atom stereocenters. The Kier molecular flexibility index (Phi) is 6.04. The first-order valence-electron chi connectivity index (χ1n) is 9.99. The van der Waals surface area contributed by atoms with E-state index in [1.54, 1.807) is 10.8 Å². The molecule has 2 aromatic carbocycles. The summed E-state index contributed by atoms with van der Waals surface area (Å²) in [4.78, 5) is 25.2. The minimum Gasteiger partial charge on any atom is -0.494 e. The summed E-state index contributed by atoms with van der Waals surface area (Å²) >= 11 is 5.28.